The number of anilines is 1. The molecule has 0 atom stereocenters. The largest absolute Gasteiger partial charge is 0.465 e. The Morgan fingerprint density at radius 3 is 2.52 bits per heavy atom. The Labute approximate surface area is 123 Å². The van der Waals surface area contributed by atoms with Crippen LogP contribution in [0.15, 0.2) is 36.0 Å². The molecule has 1 amide bonds. The van der Waals surface area contributed by atoms with E-state index in [9.17, 15) is 9.59 Å². The van der Waals surface area contributed by atoms with Crippen LogP contribution in [-0.2, 0) is 9.53 Å². The highest BCUT2D eigenvalue weighted by molar-refractivity contribution is 5.94. The van der Waals surface area contributed by atoms with Crippen LogP contribution in [0.5, 0.6) is 0 Å². The number of methoxy groups -OCH3 is 1. The van der Waals surface area contributed by atoms with Gasteiger partial charge >= 0.3 is 5.97 Å². The molecule has 0 spiro atoms. The molecule has 110 valence electrons. The minimum atomic E-state index is -0.708. The van der Waals surface area contributed by atoms with Crippen LogP contribution in [0, 0.1) is 11.3 Å². The third-order valence-corrected chi connectivity index (χ3v) is 2.59. The van der Waals surface area contributed by atoms with Gasteiger partial charge in [0, 0.05) is 24.0 Å². The fraction of sp³-hybridized carbons (Fsp3) is 0.267. The summed E-state index contributed by atoms with van der Waals surface area (Å²) >= 11 is 0. The first-order valence-electron chi connectivity index (χ1n) is 6.45. The molecular formula is C15H17N3O3. The molecule has 0 saturated carbocycles. The van der Waals surface area contributed by atoms with Crippen LogP contribution in [0.2, 0.25) is 0 Å². The lowest BCUT2D eigenvalue weighted by Gasteiger charge is -2.05. The Morgan fingerprint density at radius 2 is 2.00 bits per heavy atom. The number of benzene rings is 1. The second-order valence-corrected chi connectivity index (χ2v) is 4.14. The summed E-state index contributed by atoms with van der Waals surface area (Å²) in [6.45, 7) is 2.61. The second-order valence-electron chi connectivity index (χ2n) is 4.14. The molecule has 1 aromatic carbocycles. The van der Waals surface area contributed by atoms with Crippen molar-refractivity contribution < 1.29 is 14.3 Å². The highest BCUT2D eigenvalue weighted by Crippen LogP contribution is 2.10. The van der Waals surface area contributed by atoms with Gasteiger partial charge < -0.3 is 15.4 Å². The second kappa shape index (κ2) is 8.38. The van der Waals surface area contributed by atoms with E-state index in [0.29, 0.717) is 17.8 Å². The van der Waals surface area contributed by atoms with Crippen LogP contribution in [-0.4, -0.2) is 25.5 Å². The third kappa shape index (κ3) is 4.99. The molecule has 1 aromatic rings. The van der Waals surface area contributed by atoms with Gasteiger partial charge in [-0.25, -0.2) is 4.79 Å². The fourth-order valence-electron chi connectivity index (χ4n) is 1.46. The highest BCUT2D eigenvalue weighted by atomic mass is 16.5. The summed E-state index contributed by atoms with van der Waals surface area (Å²) in [7, 11) is 1.21. The first-order chi connectivity index (χ1) is 10.1. The third-order valence-electron chi connectivity index (χ3n) is 2.59. The van der Waals surface area contributed by atoms with Gasteiger partial charge in [-0.05, 0) is 30.7 Å². The number of nitrogens with zero attached hydrogens (tertiary/aromatic N) is 1. The lowest BCUT2D eigenvalue weighted by Crippen LogP contribution is -2.23. The van der Waals surface area contributed by atoms with E-state index in [0.717, 1.165) is 6.42 Å². The molecule has 6 heteroatoms. The zero-order valence-corrected chi connectivity index (χ0v) is 12.0. The van der Waals surface area contributed by atoms with Crippen LogP contribution in [0.1, 0.15) is 23.7 Å². The summed E-state index contributed by atoms with van der Waals surface area (Å²) in [5.74, 6) is -0.841. The van der Waals surface area contributed by atoms with E-state index in [2.05, 4.69) is 15.4 Å². The average molecular weight is 287 g/mol. The normalized spacial score (nSPS) is 10.4. The molecule has 0 radical (unpaired) electrons. The molecule has 0 unspecified atom stereocenters. The van der Waals surface area contributed by atoms with Crippen molar-refractivity contribution >= 4 is 17.6 Å². The Balaban J connectivity index is 2.71. The van der Waals surface area contributed by atoms with Gasteiger partial charge in [0.15, 0.2) is 5.57 Å². The van der Waals surface area contributed by atoms with E-state index < -0.39 is 5.97 Å². The maximum Gasteiger partial charge on any atom is 0.350 e. The van der Waals surface area contributed by atoms with Gasteiger partial charge in [0.2, 0.25) is 0 Å². The fourth-order valence-corrected chi connectivity index (χ4v) is 1.46. The molecule has 1 rings (SSSR count). The Morgan fingerprint density at radius 1 is 1.33 bits per heavy atom. The van der Waals surface area contributed by atoms with E-state index in [1.807, 2.05) is 6.92 Å². The summed E-state index contributed by atoms with van der Waals surface area (Å²) in [6.07, 6.45) is 2.14. The molecule has 0 heterocycles. The smallest absolute Gasteiger partial charge is 0.350 e. The average Bonchev–Trinajstić information content (AvgIpc) is 2.53. The van der Waals surface area contributed by atoms with Crippen LogP contribution in [0.3, 0.4) is 0 Å². The van der Waals surface area contributed by atoms with Gasteiger partial charge in [-0.2, -0.15) is 5.26 Å². The first kappa shape index (κ1) is 16.2. The Hall–Kier alpha value is -2.81. The number of nitrogens with one attached hydrogen (secondary N) is 2. The summed E-state index contributed by atoms with van der Waals surface area (Å²) in [4.78, 5) is 22.9. The first-order valence-corrected chi connectivity index (χ1v) is 6.45. The molecule has 0 saturated heterocycles. The quantitative estimate of drug-likeness (QED) is 0.473. The number of hydrogen-bond donors (Lipinski definition) is 2. The number of carbonyl (C=O) groups is 2. The molecule has 0 aliphatic heterocycles. The van der Waals surface area contributed by atoms with Crippen LogP contribution >= 0.6 is 0 Å². The summed E-state index contributed by atoms with van der Waals surface area (Å²) < 4.78 is 4.46. The van der Waals surface area contributed by atoms with E-state index in [4.69, 9.17) is 5.26 Å². The molecule has 2 N–H and O–H groups in total. The van der Waals surface area contributed by atoms with Crippen molar-refractivity contribution in [3.8, 4) is 6.07 Å². The molecule has 0 aromatic heterocycles. The van der Waals surface area contributed by atoms with Crippen molar-refractivity contribution in [2.45, 2.75) is 13.3 Å². The molecule has 21 heavy (non-hydrogen) atoms. The van der Waals surface area contributed by atoms with Crippen molar-refractivity contribution in [3.63, 3.8) is 0 Å². The van der Waals surface area contributed by atoms with Crippen LogP contribution in [0.25, 0.3) is 0 Å². The lowest BCUT2D eigenvalue weighted by atomic mass is 10.2. The Kier molecular flexibility index (Phi) is 6.48. The maximum atomic E-state index is 11.7. The predicted octanol–water partition coefficient (Wildman–Crippen LogP) is 1.82. The van der Waals surface area contributed by atoms with Gasteiger partial charge in [-0.3, -0.25) is 4.79 Å². The van der Waals surface area contributed by atoms with E-state index >= 15 is 0 Å². The number of carbonyl (C=O) groups excluding carboxylic acids is 2. The van der Waals surface area contributed by atoms with Gasteiger partial charge in [0.1, 0.15) is 6.07 Å². The minimum absolute atomic E-state index is 0.133. The number of amides is 1. The zero-order valence-electron chi connectivity index (χ0n) is 12.0. The molecule has 0 aliphatic rings. The van der Waals surface area contributed by atoms with Crippen molar-refractivity contribution in [2.24, 2.45) is 0 Å². The molecule has 0 fully saturated rings. The molecule has 0 bridgehead atoms. The van der Waals surface area contributed by atoms with E-state index in [1.54, 1.807) is 30.3 Å². The van der Waals surface area contributed by atoms with Crippen molar-refractivity contribution in [1.29, 1.82) is 5.26 Å². The molecular weight excluding hydrogens is 270 g/mol. The molecule has 6 nitrogen and oxygen atoms in total. The highest BCUT2D eigenvalue weighted by Gasteiger charge is 2.08. The Bertz CT molecular complexity index is 571. The van der Waals surface area contributed by atoms with Crippen LogP contribution < -0.4 is 10.6 Å². The summed E-state index contributed by atoms with van der Waals surface area (Å²) in [5.41, 5.74) is 1.06. The topological polar surface area (TPSA) is 91.2 Å². The lowest BCUT2D eigenvalue weighted by molar-refractivity contribution is -0.135. The van der Waals surface area contributed by atoms with Crippen molar-refractivity contribution in [1.82, 2.24) is 5.32 Å². The zero-order chi connectivity index (χ0) is 15.7. The number of rotatable bonds is 6. The number of nitriles is 1. The van der Waals surface area contributed by atoms with Gasteiger partial charge in [-0.15, -0.1) is 0 Å². The van der Waals surface area contributed by atoms with Crippen LogP contribution in [0.4, 0.5) is 5.69 Å². The molecule has 0 aliphatic carbocycles. The van der Waals surface area contributed by atoms with E-state index in [1.165, 1.54) is 13.3 Å². The van der Waals surface area contributed by atoms with Crippen molar-refractivity contribution in [2.75, 3.05) is 19.0 Å². The minimum Gasteiger partial charge on any atom is -0.465 e. The van der Waals surface area contributed by atoms with Gasteiger partial charge in [0.05, 0.1) is 7.11 Å². The monoisotopic (exact) mass is 287 g/mol. The number of ether oxygens (including phenoxy) is 1. The summed E-state index contributed by atoms with van der Waals surface area (Å²) in [5, 5.41) is 14.4. The van der Waals surface area contributed by atoms with Gasteiger partial charge in [0.25, 0.3) is 5.91 Å². The van der Waals surface area contributed by atoms with Crippen molar-refractivity contribution in [3.05, 3.63) is 41.6 Å². The number of hydrogen-bond acceptors (Lipinski definition) is 5. The standard InChI is InChI=1S/C15H17N3O3/c1-3-8-17-14(19)11-4-6-13(7-5-11)18-10-12(9-16)15(20)21-2/h4-7,10,18H,3,8H2,1-2H3,(H,17,19)/b12-10+. The SMILES string of the molecule is CCCNC(=O)c1ccc(N/C=C(\C#N)C(=O)OC)cc1. The maximum absolute atomic E-state index is 11.7. The van der Waals surface area contributed by atoms with Gasteiger partial charge in [-0.1, -0.05) is 6.92 Å². The summed E-state index contributed by atoms with van der Waals surface area (Å²) in [6, 6.07) is 8.42. The predicted molar refractivity (Wildman–Crippen MR) is 78.4 cm³/mol. The number of esters is 1. The van der Waals surface area contributed by atoms with E-state index in [-0.39, 0.29) is 11.5 Å².